The van der Waals surface area contributed by atoms with Gasteiger partial charge in [0.1, 0.15) is 41.9 Å². The van der Waals surface area contributed by atoms with Crippen molar-refractivity contribution < 1.29 is 46.8 Å². The summed E-state index contributed by atoms with van der Waals surface area (Å²) in [5.74, 6) is -1.42. The number of para-hydroxylation sites is 1. The Labute approximate surface area is 340 Å². The highest BCUT2D eigenvalue weighted by Crippen LogP contribution is 2.70. The van der Waals surface area contributed by atoms with Crippen LogP contribution in [0.25, 0.3) is 10.9 Å². The van der Waals surface area contributed by atoms with Crippen LogP contribution in [0.4, 0.5) is 13.6 Å². The molecule has 0 spiro atoms. The second kappa shape index (κ2) is 18.9. The van der Waals surface area contributed by atoms with Gasteiger partial charge in [-0.1, -0.05) is 44.2 Å². The van der Waals surface area contributed by atoms with E-state index in [1.165, 1.54) is 11.0 Å². The first kappa shape index (κ1) is 42.9. The minimum atomic E-state index is -4.08. The first-order valence-electron chi connectivity index (χ1n) is 20.0. The number of unbranched alkanes of at least 4 members (excludes halogenated alkanes) is 4. The number of nitrogens with zero attached hydrogens (tertiary/aromatic N) is 2. The molecule has 310 valence electrons. The molecule has 4 N–H and O–H groups in total. The third-order valence-electron chi connectivity index (χ3n) is 11.5. The van der Waals surface area contributed by atoms with Gasteiger partial charge in [0.2, 0.25) is 19.2 Å². The molecule has 3 aromatic rings. The molecule has 12 nitrogen and oxygen atoms in total. The Morgan fingerprint density at radius 3 is 2.53 bits per heavy atom. The maximum absolute atomic E-state index is 14.2. The minimum Gasteiger partial charge on any atom is -0.488 e. The van der Waals surface area contributed by atoms with E-state index in [1.807, 2.05) is 25.1 Å². The fraction of sp³-hybridized carbons (Fsp3) is 0.561. The molecule has 2 amide bonds. The van der Waals surface area contributed by atoms with Gasteiger partial charge < -0.3 is 39.8 Å². The maximum atomic E-state index is 14.2. The van der Waals surface area contributed by atoms with E-state index >= 15 is 0 Å². The predicted octanol–water partition coefficient (Wildman–Crippen LogP) is 8.14. The van der Waals surface area contributed by atoms with Crippen molar-refractivity contribution in [1.29, 1.82) is 0 Å². The highest BCUT2D eigenvalue weighted by molar-refractivity contribution is 9.10. The molecule has 57 heavy (non-hydrogen) atoms. The van der Waals surface area contributed by atoms with Crippen molar-refractivity contribution in [3.05, 3.63) is 64.1 Å². The third-order valence-corrected chi connectivity index (χ3v) is 14.7. The van der Waals surface area contributed by atoms with Gasteiger partial charge in [-0.15, -0.1) is 0 Å². The lowest BCUT2D eigenvalue weighted by molar-refractivity contribution is -0.136. The number of ether oxygens (including phenoxy) is 3. The van der Waals surface area contributed by atoms with E-state index in [0.717, 1.165) is 79.6 Å². The van der Waals surface area contributed by atoms with Gasteiger partial charge in [0, 0.05) is 27.9 Å². The Balaban J connectivity index is 1.02. The molecular formula is C41H52BrF2N4O8P. The number of rotatable bonds is 19. The van der Waals surface area contributed by atoms with E-state index in [9.17, 15) is 32.6 Å². The van der Waals surface area contributed by atoms with Gasteiger partial charge >= 0.3 is 6.09 Å². The normalized spacial score (nSPS) is 23.5. The molecule has 0 bridgehead atoms. The highest BCUT2D eigenvalue weighted by atomic mass is 79.9. The molecule has 2 unspecified atom stereocenters. The molecule has 3 fully saturated rings. The summed E-state index contributed by atoms with van der Waals surface area (Å²) in [4.78, 5) is 56.3. The highest BCUT2D eigenvalue weighted by Gasteiger charge is 2.62. The number of halogens is 3. The van der Waals surface area contributed by atoms with Crippen molar-refractivity contribution in [2.24, 2.45) is 11.7 Å². The van der Waals surface area contributed by atoms with Gasteiger partial charge in [-0.3, -0.25) is 9.36 Å². The Morgan fingerprint density at radius 2 is 1.81 bits per heavy atom. The van der Waals surface area contributed by atoms with E-state index in [0.29, 0.717) is 49.4 Å². The number of carbonyl (C=O) groups is 3. The molecule has 1 aromatic heterocycles. The molecule has 1 aliphatic heterocycles. The fourth-order valence-corrected chi connectivity index (χ4v) is 10.9. The van der Waals surface area contributed by atoms with Crippen LogP contribution in [-0.4, -0.2) is 75.8 Å². The van der Waals surface area contributed by atoms with E-state index < -0.39 is 60.3 Å². The third kappa shape index (κ3) is 10.3. The second-order valence-corrected chi connectivity index (χ2v) is 18.9. The average Bonchev–Trinajstić information content (AvgIpc) is 3.46. The summed E-state index contributed by atoms with van der Waals surface area (Å²) in [7, 11) is -4.08. The molecule has 2 heterocycles. The number of hydrogen-bond acceptors (Lipinski definition) is 9. The zero-order valence-electron chi connectivity index (χ0n) is 32.2. The van der Waals surface area contributed by atoms with Crippen LogP contribution in [0.1, 0.15) is 96.0 Å². The lowest BCUT2D eigenvalue weighted by Gasteiger charge is -2.27. The fourth-order valence-electron chi connectivity index (χ4n) is 8.17. The van der Waals surface area contributed by atoms with Crippen LogP contribution in [0, 0.1) is 17.6 Å². The van der Waals surface area contributed by atoms with E-state index in [-0.39, 0.29) is 30.9 Å². The molecule has 3 aliphatic rings. The average molecular weight is 878 g/mol. The number of hydrogen-bond donors (Lipinski definition) is 3. The van der Waals surface area contributed by atoms with E-state index in [4.69, 9.17) is 19.9 Å². The van der Waals surface area contributed by atoms with E-state index in [1.54, 1.807) is 6.07 Å². The number of benzene rings is 2. The van der Waals surface area contributed by atoms with Crippen LogP contribution in [0.5, 0.6) is 11.6 Å². The summed E-state index contributed by atoms with van der Waals surface area (Å²) in [6.07, 6.45) is 7.53. The summed E-state index contributed by atoms with van der Waals surface area (Å²) in [6, 6.07) is 9.01. The summed E-state index contributed by atoms with van der Waals surface area (Å²) >= 11 is 3.55. The van der Waals surface area contributed by atoms with Crippen molar-refractivity contribution in [3.63, 3.8) is 0 Å². The Morgan fingerprint density at radius 1 is 1.11 bits per heavy atom. The minimum absolute atomic E-state index is 0.139. The van der Waals surface area contributed by atoms with Crippen LogP contribution in [0.3, 0.4) is 0 Å². The van der Waals surface area contributed by atoms with Crippen molar-refractivity contribution in [3.8, 4) is 11.6 Å². The number of nitrogens with two attached hydrogens (primary N) is 1. The number of likely N-dealkylation sites (tertiary alicyclic amines) is 1. The lowest BCUT2D eigenvalue weighted by Crippen LogP contribution is -2.51. The van der Waals surface area contributed by atoms with Gasteiger partial charge in [0.05, 0.1) is 36.2 Å². The zero-order valence-corrected chi connectivity index (χ0v) is 34.7. The number of aldehydes is 1. The van der Waals surface area contributed by atoms with Crippen LogP contribution in [0.15, 0.2) is 46.9 Å². The van der Waals surface area contributed by atoms with Crippen LogP contribution in [-0.2, 0) is 25.1 Å². The standard InChI is InChI=1S/C41H52BrF2N4O8P/c1-2-54-37-21-36(30-15-10-16-32(42)38(30)47-37)55-29-20-27(24-49)48(23-29)39(50)35(46-40(51)56-28-13-8-9-14-28)19-7-5-3-4-6-12-26-22-41(26,45)57(52,53)25-31-33(43)17-11-18-34(31)44/h10-11,15-18,21,24,26-29,35H,2-9,12-14,19-20,22-23,25,45H2,1H3,(H,46,51)(H,52,53)/t26-,27+,29?,35+,41+/m1/s1. The molecule has 16 heteroatoms. The number of pyridine rings is 1. The molecule has 2 aliphatic carbocycles. The predicted molar refractivity (Wildman–Crippen MR) is 214 cm³/mol. The molecule has 0 radical (unpaired) electrons. The summed E-state index contributed by atoms with van der Waals surface area (Å²) in [5, 5.41) is 2.19. The van der Waals surface area contributed by atoms with Crippen LogP contribution >= 0.6 is 23.3 Å². The maximum Gasteiger partial charge on any atom is 0.408 e. The molecular weight excluding hydrogens is 825 g/mol. The molecule has 6 atom stereocenters. The first-order valence-corrected chi connectivity index (χ1v) is 22.6. The Kier molecular flexibility index (Phi) is 14.3. The largest absolute Gasteiger partial charge is 0.488 e. The summed E-state index contributed by atoms with van der Waals surface area (Å²) in [6.45, 7) is 2.41. The van der Waals surface area contributed by atoms with Gasteiger partial charge in [0.25, 0.3) is 0 Å². The van der Waals surface area contributed by atoms with Gasteiger partial charge in [-0.2, -0.15) is 0 Å². The quantitative estimate of drug-likeness (QED) is 0.0607. The van der Waals surface area contributed by atoms with Gasteiger partial charge in [0.15, 0.2) is 0 Å². The van der Waals surface area contributed by atoms with Gasteiger partial charge in [-0.05, 0) is 98.0 Å². The number of fused-ring (bicyclic) bond motifs is 1. The van der Waals surface area contributed by atoms with Crippen molar-refractivity contribution in [1.82, 2.24) is 15.2 Å². The van der Waals surface area contributed by atoms with Crippen LogP contribution < -0.4 is 20.5 Å². The van der Waals surface area contributed by atoms with E-state index in [2.05, 4.69) is 26.2 Å². The number of aromatic nitrogens is 1. The van der Waals surface area contributed by atoms with Crippen molar-refractivity contribution >= 4 is 52.5 Å². The Bertz CT molecular complexity index is 1950. The topological polar surface area (TPSA) is 170 Å². The number of amides is 2. The number of nitrogens with one attached hydrogen (secondary N) is 1. The number of carbonyl (C=O) groups excluding carboxylic acids is 3. The second-order valence-electron chi connectivity index (χ2n) is 15.5. The molecule has 2 aromatic carbocycles. The monoisotopic (exact) mass is 876 g/mol. The van der Waals surface area contributed by atoms with Gasteiger partial charge in [-0.25, -0.2) is 18.6 Å². The first-order chi connectivity index (χ1) is 27.3. The molecule has 1 saturated heterocycles. The van der Waals surface area contributed by atoms with Crippen molar-refractivity contribution in [2.75, 3.05) is 13.2 Å². The lowest BCUT2D eigenvalue weighted by atomic mass is 10.0. The molecule has 2 saturated carbocycles. The summed E-state index contributed by atoms with van der Waals surface area (Å²) in [5.41, 5.74) is 6.56. The zero-order chi connectivity index (χ0) is 40.7. The SMILES string of the molecule is CCOc1cc(OC2C[C@@H](C=O)N(C(=O)[C@H](CCCCCCC[C@@H]3C[C@]3(N)P(=O)(O)Cc3c(F)cccc3F)NC(=O)OC3CCCC3)C2)c2cccc(Br)c2n1. The molecule has 6 rings (SSSR count). The van der Waals surface area contributed by atoms with Crippen LogP contribution in [0.2, 0.25) is 0 Å². The number of alkyl carbamates (subject to hydrolysis) is 1. The summed E-state index contributed by atoms with van der Waals surface area (Å²) < 4.78 is 60.1. The Hall–Kier alpha value is -3.65. The smallest absolute Gasteiger partial charge is 0.408 e. The van der Waals surface area contributed by atoms with Crippen molar-refractivity contribution in [2.45, 2.75) is 126 Å².